The number of hydrogen-bond acceptors (Lipinski definition) is 5. The number of hydrazine groups is 1. The van der Waals surface area contributed by atoms with Crippen LogP contribution in [0.25, 0.3) is 22.3 Å². The SMILES string of the molecule is C=CCCN(C)NC/C(=C/C=C1\c2cccc(-c3cccc(C(/C=C/C)=C/NN=C)c3Cl)c21)C(=N)CC. The molecule has 5 nitrogen and oxygen atoms in total. The Balaban J connectivity index is 1.92. The summed E-state index contributed by atoms with van der Waals surface area (Å²) in [5, 5.41) is 14.9. The molecule has 0 saturated heterocycles. The number of allylic oxidation sites excluding steroid dienone is 5. The van der Waals surface area contributed by atoms with Gasteiger partial charge in [0.1, 0.15) is 0 Å². The summed E-state index contributed by atoms with van der Waals surface area (Å²) in [6, 6.07) is 12.4. The van der Waals surface area contributed by atoms with Crippen LogP contribution in [0.5, 0.6) is 0 Å². The third-order valence-corrected chi connectivity index (χ3v) is 6.63. The minimum absolute atomic E-state index is 0.606. The first kappa shape index (κ1) is 28.1. The van der Waals surface area contributed by atoms with Crippen LogP contribution in [0.4, 0.5) is 0 Å². The molecule has 0 aromatic heterocycles. The Kier molecular flexibility index (Phi) is 10.4. The minimum atomic E-state index is 0.606. The van der Waals surface area contributed by atoms with E-state index in [1.54, 1.807) is 6.20 Å². The molecule has 2 aromatic carbocycles. The van der Waals surface area contributed by atoms with Gasteiger partial charge >= 0.3 is 0 Å². The predicted octanol–water partition coefficient (Wildman–Crippen LogP) is 7.24. The Bertz CT molecular complexity index is 1280. The van der Waals surface area contributed by atoms with Crippen molar-refractivity contribution in [1.82, 2.24) is 15.9 Å². The van der Waals surface area contributed by atoms with E-state index in [2.05, 4.69) is 65.7 Å². The lowest BCUT2D eigenvalue weighted by atomic mass is 9.98. The van der Waals surface area contributed by atoms with E-state index in [-0.39, 0.29) is 0 Å². The van der Waals surface area contributed by atoms with Gasteiger partial charge in [-0.25, -0.2) is 5.01 Å². The average Bonchev–Trinajstić information content (AvgIpc) is 3.63. The summed E-state index contributed by atoms with van der Waals surface area (Å²) in [6.45, 7) is 12.7. The number of nitrogens with zero attached hydrogens (tertiary/aromatic N) is 2. The summed E-state index contributed by atoms with van der Waals surface area (Å²) in [5.41, 5.74) is 15.3. The monoisotopic (exact) mass is 513 g/mol. The van der Waals surface area contributed by atoms with Crippen LogP contribution < -0.4 is 10.9 Å². The van der Waals surface area contributed by atoms with E-state index in [1.165, 1.54) is 16.7 Å². The van der Waals surface area contributed by atoms with Gasteiger partial charge in [-0.05, 0) is 47.6 Å². The van der Waals surface area contributed by atoms with Crippen molar-refractivity contribution in [2.45, 2.75) is 26.7 Å². The molecule has 0 heterocycles. The average molecular weight is 514 g/mol. The van der Waals surface area contributed by atoms with Crippen LogP contribution in [0, 0.1) is 5.41 Å². The first-order chi connectivity index (χ1) is 18.0. The summed E-state index contributed by atoms with van der Waals surface area (Å²) in [4.78, 5) is 0. The van der Waals surface area contributed by atoms with Crippen molar-refractivity contribution in [2.75, 3.05) is 20.1 Å². The van der Waals surface area contributed by atoms with Crippen LogP contribution in [0.3, 0.4) is 0 Å². The van der Waals surface area contributed by atoms with E-state index in [0.29, 0.717) is 23.7 Å². The molecule has 6 heteroatoms. The van der Waals surface area contributed by atoms with Crippen molar-refractivity contribution in [2.24, 2.45) is 5.10 Å². The molecule has 0 bridgehead atoms. The molecule has 2 aromatic rings. The summed E-state index contributed by atoms with van der Waals surface area (Å²) in [7, 11) is 2.01. The van der Waals surface area contributed by atoms with Gasteiger partial charge in [0.15, 0.2) is 0 Å². The molecule has 0 saturated carbocycles. The fourth-order valence-corrected chi connectivity index (χ4v) is 4.47. The molecule has 0 unspecified atom stereocenters. The zero-order valence-corrected chi connectivity index (χ0v) is 22.7. The molecule has 1 aliphatic carbocycles. The fourth-order valence-electron chi connectivity index (χ4n) is 4.14. The molecule has 3 rings (SSSR count). The zero-order valence-electron chi connectivity index (χ0n) is 21.9. The van der Waals surface area contributed by atoms with Crippen molar-refractivity contribution in [3.63, 3.8) is 0 Å². The highest BCUT2D eigenvalue weighted by Gasteiger charge is 2.29. The number of nitrogens with one attached hydrogen (secondary N) is 3. The molecular formula is C31H36ClN5. The number of fused-ring (bicyclic) bond motifs is 1. The van der Waals surface area contributed by atoms with Crippen LogP contribution in [-0.2, 0) is 0 Å². The van der Waals surface area contributed by atoms with E-state index in [4.69, 9.17) is 17.0 Å². The first-order valence-electron chi connectivity index (χ1n) is 12.5. The van der Waals surface area contributed by atoms with E-state index in [0.717, 1.165) is 40.8 Å². The summed E-state index contributed by atoms with van der Waals surface area (Å²) in [6.07, 6.45) is 13.4. The second kappa shape index (κ2) is 13.7. The van der Waals surface area contributed by atoms with Crippen LogP contribution >= 0.6 is 11.6 Å². The topological polar surface area (TPSA) is 63.5 Å². The van der Waals surface area contributed by atoms with Gasteiger partial charge < -0.3 is 5.41 Å². The predicted molar refractivity (Wildman–Crippen MR) is 161 cm³/mol. The van der Waals surface area contributed by atoms with Gasteiger partial charge in [-0.1, -0.05) is 85.3 Å². The Morgan fingerprint density at radius 2 is 1.89 bits per heavy atom. The highest BCUT2D eigenvalue weighted by molar-refractivity contribution is 6.35. The molecule has 0 spiro atoms. The Morgan fingerprint density at radius 3 is 2.59 bits per heavy atom. The second-order valence-corrected chi connectivity index (χ2v) is 9.10. The standard InChI is InChI=1S/C31H36ClN5/c1-6-9-19-37(5)36-21-23(29(33)8-3)17-18-27-25-14-11-15-26(30(25)27)28-16-10-13-24(31(28)32)22(12-7-2)20-35-34-4/h6-7,10-18,20,33,35-36H,1,4,8-9,19,21H2,2-3,5H3/b12-7+,22-20+,23-17-,27-18+,33-29?. The quantitative estimate of drug-likeness (QED) is 0.0920. The molecule has 0 amide bonds. The zero-order chi connectivity index (χ0) is 26.8. The molecule has 1 aliphatic rings. The van der Waals surface area contributed by atoms with E-state index < -0.39 is 0 Å². The van der Waals surface area contributed by atoms with Crippen LogP contribution in [0.1, 0.15) is 43.4 Å². The molecule has 192 valence electrons. The lowest BCUT2D eigenvalue weighted by Gasteiger charge is -2.18. The molecule has 0 fully saturated rings. The normalized spacial score (nSPS) is 14.2. The Morgan fingerprint density at radius 1 is 1.16 bits per heavy atom. The number of benzene rings is 2. The van der Waals surface area contributed by atoms with E-state index in [9.17, 15) is 0 Å². The highest BCUT2D eigenvalue weighted by Crippen LogP contribution is 2.50. The maximum absolute atomic E-state index is 8.44. The molecule has 3 N–H and O–H groups in total. The van der Waals surface area contributed by atoms with Crippen LogP contribution in [0.15, 0.2) is 90.2 Å². The van der Waals surface area contributed by atoms with Gasteiger partial charge in [0.2, 0.25) is 0 Å². The van der Waals surface area contributed by atoms with Gasteiger partial charge in [-0.3, -0.25) is 10.9 Å². The number of halogens is 1. The van der Waals surface area contributed by atoms with Crippen molar-refractivity contribution in [1.29, 1.82) is 5.41 Å². The minimum Gasteiger partial charge on any atom is -0.305 e. The third kappa shape index (κ3) is 7.04. The molecule has 37 heavy (non-hydrogen) atoms. The third-order valence-electron chi connectivity index (χ3n) is 6.22. The van der Waals surface area contributed by atoms with Gasteiger partial charge in [0.05, 0.1) is 5.02 Å². The second-order valence-electron chi connectivity index (χ2n) is 8.72. The largest absolute Gasteiger partial charge is 0.305 e. The van der Waals surface area contributed by atoms with Crippen molar-refractivity contribution < 1.29 is 0 Å². The molecule has 0 atom stereocenters. The molecule has 0 radical (unpaired) electrons. The lowest BCUT2D eigenvalue weighted by Crippen LogP contribution is -2.37. The lowest BCUT2D eigenvalue weighted by molar-refractivity contribution is 0.251. The van der Waals surface area contributed by atoms with Crippen molar-refractivity contribution in [3.05, 3.63) is 107 Å². The first-order valence-corrected chi connectivity index (χ1v) is 12.9. The molecule has 0 aliphatic heterocycles. The van der Waals surface area contributed by atoms with Gasteiger partial charge in [0, 0.05) is 55.5 Å². The Hall–Kier alpha value is -3.51. The van der Waals surface area contributed by atoms with Gasteiger partial charge in [0.25, 0.3) is 0 Å². The van der Waals surface area contributed by atoms with E-state index >= 15 is 0 Å². The van der Waals surface area contributed by atoms with Gasteiger partial charge in [-0.15, -0.1) is 6.58 Å². The van der Waals surface area contributed by atoms with E-state index in [1.807, 2.05) is 56.3 Å². The fraction of sp³-hybridized carbons (Fsp3) is 0.226. The summed E-state index contributed by atoms with van der Waals surface area (Å²) >= 11 is 6.96. The summed E-state index contributed by atoms with van der Waals surface area (Å²) in [5.74, 6) is 0. The van der Waals surface area contributed by atoms with Crippen molar-refractivity contribution >= 4 is 35.2 Å². The molecular weight excluding hydrogens is 478 g/mol. The smallest absolute Gasteiger partial charge is 0.0563 e. The number of hydrogen-bond donors (Lipinski definition) is 3. The van der Waals surface area contributed by atoms with Crippen molar-refractivity contribution in [3.8, 4) is 11.1 Å². The maximum Gasteiger partial charge on any atom is 0.0563 e. The Labute approximate surface area is 226 Å². The number of rotatable bonds is 14. The maximum atomic E-state index is 8.44. The van der Waals surface area contributed by atoms with Crippen LogP contribution in [-0.4, -0.2) is 37.6 Å². The highest BCUT2D eigenvalue weighted by atomic mass is 35.5. The van der Waals surface area contributed by atoms with Crippen LogP contribution in [0.2, 0.25) is 5.02 Å². The number of hydrazone groups is 1. The van der Waals surface area contributed by atoms with Gasteiger partial charge in [-0.2, -0.15) is 5.10 Å². The summed E-state index contributed by atoms with van der Waals surface area (Å²) < 4.78 is 0.